The molecule has 0 atom stereocenters. The van der Waals surface area contributed by atoms with E-state index >= 15 is 0 Å². The lowest BCUT2D eigenvalue weighted by Gasteiger charge is -2.66. The molecule has 4 aliphatic heterocycles. The standard InChI is InChI=1S/C15H29N2/c1-10(2)16-12-6-14-8-13(16)9-15(7-12)17(14,5)11(3)4/h10-15H,6-9H2,1-5H3/q+1. The third-order valence-corrected chi connectivity index (χ3v) is 6.30. The van der Waals surface area contributed by atoms with Crippen LogP contribution in [0.5, 0.6) is 0 Å². The van der Waals surface area contributed by atoms with Crippen molar-refractivity contribution in [2.45, 2.75) is 89.6 Å². The molecule has 0 unspecified atom stereocenters. The van der Waals surface area contributed by atoms with E-state index in [9.17, 15) is 0 Å². The first-order valence-corrected chi connectivity index (χ1v) is 7.57. The summed E-state index contributed by atoms with van der Waals surface area (Å²) in [6.45, 7) is 9.64. The Kier molecular flexibility index (Phi) is 2.61. The molecule has 0 saturated carbocycles. The summed E-state index contributed by atoms with van der Waals surface area (Å²) >= 11 is 0. The van der Waals surface area contributed by atoms with Gasteiger partial charge in [-0.3, -0.25) is 4.90 Å². The number of piperidine rings is 4. The van der Waals surface area contributed by atoms with Crippen LogP contribution in [0.2, 0.25) is 0 Å². The summed E-state index contributed by atoms with van der Waals surface area (Å²) in [5.74, 6) is 0. The van der Waals surface area contributed by atoms with Gasteiger partial charge in [-0.1, -0.05) is 0 Å². The van der Waals surface area contributed by atoms with E-state index in [1.165, 1.54) is 30.2 Å². The van der Waals surface area contributed by atoms with E-state index in [4.69, 9.17) is 0 Å². The van der Waals surface area contributed by atoms with Crippen LogP contribution >= 0.6 is 0 Å². The van der Waals surface area contributed by atoms with Crippen LogP contribution < -0.4 is 0 Å². The van der Waals surface area contributed by atoms with E-state index in [0.29, 0.717) is 0 Å². The SMILES string of the molecule is CC(C)N1C2CC3CC1CC(C2)[N+]3(C)C(C)C. The zero-order chi connectivity index (χ0) is 12.4. The lowest BCUT2D eigenvalue weighted by molar-refractivity contribution is -0.988. The summed E-state index contributed by atoms with van der Waals surface area (Å²) in [6, 6.07) is 5.27. The van der Waals surface area contributed by atoms with Crippen LogP contribution in [0.25, 0.3) is 0 Å². The summed E-state index contributed by atoms with van der Waals surface area (Å²) < 4.78 is 1.37. The van der Waals surface area contributed by atoms with Crippen molar-refractivity contribution in [3.63, 3.8) is 0 Å². The Morgan fingerprint density at radius 2 is 1.29 bits per heavy atom. The van der Waals surface area contributed by atoms with E-state index in [-0.39, 0.29) is 0 Å². The minimum atomic E-state index is 0.753. The Morgan fingerprint density at radius 3 is 1.59 bits per heavy atom. The molecule has 17 heavy (non-hydrogen) atoms. The second-order valence-corrected chi connectivity index (χ2v) is 7.41. The number of nitrogens with zero attached hydrogens (tertiary/aromatic N) is 2. The number of hydrogen-bond acceptors (Lipinski definition) is 1. The fourth-order valence-corrected chi connectivity index (χ4v) is 5.32. The molecule has 2 heteroatoms. The Morgan fingerprint density at radius 1 is 0.882 bits per heavy atom. The predicted octanol–water partition coefficient (Wildman–Crippen LogP) is 2.63. The summed E-state index contributed by atoms with van der Waals surface area (Å²) in [7, 11) is 2.54. The van der Waals surface area contributed by atoms with Crippen molar-refractivity contribution in [3.8, 4) is 0 Å². The lowest BCUT2D eigenvalue weighted by atomic mass is 9.70. The smallest absolute Gasteiger partial charge is 0.0922 e. The molecule has 4 fully saturated rings. The van der Waals surface area contributed by atoms with Crippen molar-refractivity contribution in [2.24, 2.45) is 0 Å². The topological polar surface area (TPSA) is 3.24 Å². The molecule has 0 aromatic carbocycles. The highest BCUT2D eigenvalue weighted by Gasteiger charge is 2.59. The van der Waals surface area contributed by atoms with Gasteiger partial charge >= 0.3 is 0 Å². The minimum Gasteiger partial charge on any atom is -0.319 e. The molecule has 4 rings (SSSR count). The van der Waals surface area contributed by atoms with Gasteiger partial charge in [-0.2, -0.15) is 0 Å². The molecule has 2 nitrogen and oxygen atoms in total. The second-order valence-electron chi connectivity index (χ2n) is 7.41. The highest BCUT2D eigenvalue weighted by Crippen LogP contribution is 2.49. The van der Waals surface area contributed by atoms with Crippen molar-refractivity contribution in [1.82, 2.24) is 4.90 Å². The fourth-order valence-electron chi connectivity index (χ4n) is 5.32. The molecular weight excluding hydrogens is 208 g/mol. The van der Waals surface area contributed by atoms with Gasteiger partial charge in [0, 0.05) is 43.8 Å². The fraction of sp³-hybridized carbons (Fsp3) is 1.00. The van der Waals surface area contributed by atoms with Gasteiger partial charge in [0.05, 0.1) is 25.2 Å². The summed E-state index contributed by atoms with van der Waals surface area (Å²) in [4.78, 5) is 2.84. The van der Waals surface area contributed by atoms with Crippen LogP contribution in [0, 0.1) is 0 Å². The Labute approximate surface area is 107 Å². The molecule has 4 aliphatic rings. The molecule has 4 saturated heterocycles. The van der Waals surface area contributed by atoms with E-state index in [2.05, 4.69) is 39.6 Å². The second kappa shape index (κ2) is 3.71. The van der Waals surface area contributed by atoms with Crippen LogP contribution in [-0.2, 0) is 0 Å². The Hall–Kier alpha value is -0.0800. The van der Waals surface area contributed by atoms with Gasteiger partial charge in [-0.15, -0.1) is 0 Å². The van der Waals surface area contributed by atoms with Gasteiger partial charge < -0.3 is 4.48 Å². The van der Waals surface area contributed by atoms with Crippen molar-refractivity contribution < 1.29 is 4.48 Å². The normalized spacial score (nSPS) is 49.6. The predicted molar refractivity (Wildman–Crippen MR) is 71.9 cm³/mol. The third kappa shape index (κ3) is 1.46. The van der Waals surface area contributed by atoms with E-state index in [0.717, 1.165) is 36.3 Å². The summed E-state index contributed by atoms with van der Waals surface area (Å²) in [5.41, 5.74) is 0. The monoisotopic (exact) mass is 237 g/mol. The molecule has 0 N–H and O–H groups in total. The van der Waals surface area contributed by atoms with E-state index in [1.54, 1.807) is 0 Å². The zero-order valence-corrected chi connectivity index (χ0v) is 12.2. The Balaban J connectivity index is 1.88. The lowest BCUT2D eigenvalue weighted by Crippen LogP contribution is -2.77. The molecule has 0 radical (unpaired) electrons. The quantitative estimate of drug-likeness (QED) is 0.667. The van der Waals surface area contributed by atoms with Crippen LogP contribution in [0.4, 0.5) is 0 Å². The molecule has 0 aliphatic carbocycles. The van der Waals surface area contributed by atoms with Gasteiger partial charge in [-0.25, -0.2) is 0 Å². The van der Waals surface area contributed by atoms with Crippen LogP contribution in [0.3, 0.4) is 0 Å². The van der Waals surface area contributed by atoms with Gasteiger partial charge in [0.1, 0.15) is 0 Å². The molecule has 0 spiro atoms. The van der Waals surface area contributed by atoms with Gasteiger partial charge in [0.15, 0.2) is 0 Å². The van der Waals surface area contributed by atoms with Crippen molar-refractivity contribution in [1.29, 1.82) is 0 Å². The maximum atomic E-state index is 2.84. The van der Waals surface area contributed by atoms with Crippen molar-refractivity contribution in [2.75, 3.05) is 7.05 Å². The van der Waals surface area contributed by atoms with E-state index < -0.39 is 0 Å². The van der Waals surface area contributed by atoms with Gasteiger partial charge in [0.2, 0.25) is 0 Å². The van der Waals surface area contributed by atoms with Crippen LogP contribution in [0.1, 0.15) is 53.4 Å². The van der Waals surface area contributed by atoms with Gasteiger partial charge in [-0.05, 0) is 27.7 Å². The molecule has 0 amide bonds. The number of hydrogen-bond donors (Lipinski definition) is 0. The maximum absolute atomic E-state index is 2.84. The number of quaternary nitrogens is 1. The van der Waals surface area contributed by atoms with Crippen molar-refractivity contribution in [3.05, 3.63) is 0 Å². The number of rotatable bonds is 2. The van der Waals surface area contributed by atoms with Crippen LogP contribution in [0.15, 0.2) is 0 Å². The molecule has 98 valence electrons. The molecular formula is C15H29N2+. The van der Waals surface area contributed by atoms with Gasteiger partial charge in [0.25, 0.3) is 0 Å². The third-order valence-electron chi connectivity index (χ3n) is 6.30. The first kappa shape index (κ1) is 12.0. The Bertz CT molecular complexity index is 278. The molecule has 4 bridgehead atoms. The molecule has 0 aromatic rings. The van der Waals surface area contributed by atoms with Crippen LogP contribution in [-0.4, -0.2) is 52.7 Å². The highest BCUT2D eigenvalue weighted by molar-refractivity contribution is 5.02. The largest absolute Gasteiger partial charge is 0.319 e. The zero-order valence-electron chi connectivity index (χ0n) is 12.2. The average molecular weight is 237 g/mol. The first-order chi connectivity index (χ1) is 7.94. The maximum Gasteiger partial charge on any atom is 0.0922 e. The first-order valence-electron chi connectivity index (χ1n) is 7.57. The van der Waals surface area contributed by atoms with E-state index in [1.807, 2.05) is 0 Å². The van der Waals surface area contributed by atoms with Crippen molar-refractivity contribution >= 4 is 0 Å². The molecule has 0 aromatic heterocycles. The highest BCUT2D eigenvalue weighted by atomic mass is 15.5. The summed E-state index contributed by atoms with van der Waals surface area (Å²) in [6.07, 6.45) is 5.83. The molecule has 4 heterocycles. The summed E-state index contributed by atoms with van der Waals surface area (Å²) in [5, 5.41) is 0. The minimum absolute atomic E-state index is 0.753. The average Bonchev–Trinajstić information content (AvgIpc) is 2.22.